The number of hydrogen-bond donors (Lipinski definition) is 0. The summed E-state index contributed by atoms with van der Waals surface area (Å²) in [5.74, 6) is 0.0448. The number of rotatable bonds is 3. The Morgan fingerprint density at radius 1 is 1.14 bits per heavy atom. The van der Waals surface area contributed by atoms with Gasteiger partial charge in [-0.2, -0.15) is 0 Å². The van der Waals surface area contributed by atoms with E-state index in [-0.39, 0.29) is 5.78 Å². The highest BCUT2D eigenvalue weighted by Gasteiger charge is 2.12. The van der Waals surface area contributed by atoms with Crippen molar-refractivity contribution in [2.24, 2.45) is 0 Å². The van der Waals surface area contributed by atoms with Crippen LogP contribution in [0.4, 0.5) is 0 Å². The molecular weight excluding hydrogens is 348 g/mol. The predicted molar refractivity (Wildman–Crippen MR) is 87.8 cm³/mol. The third-order valence-corrected chi connectivity index (χ3v) is 4.61. The molecule has 0 aliphatic rings. The van der Waals surface area contributed by atoms with Gasteiger partial charge in [0, 0.05) is 20.3 Å². The topological polar surface area (TPSA) is 42.9 Å². The molecule has 0 N–H and O–H groups in total. The molecule has 0 spiro atoms. The monoisotopic (exact) mass is 358 g/mol. The minimum absolute atomic E-state index is 0.0448. The summed E-state index contributed by atoms with van der Waals surface area (Å²) in [6, 6.07) is 13.5. The Hall–Kier alpha value is -1.72. The second-order valence-corrected chi connectivity index (χ2v) is 6.44. The lowest BCUT2D eigenvalue weighted by Gasteiger charge is -2.08. The number of Topliss-reactive ketones (excluding diaryl/α,β-unsaturated/α-hetero) is 1. The second-order valence-electron chi connectivity index (χ2n) is 4.49. The van der Waals surface area contributed by atoms with E-state index in [0.29, 0.717) is 5.56 Å². The van der Waals surface area contributed by atoms with Crippen molar-refractivity contribution in [2.75, 3.05) is 0 Å². The van der Waals surface area contributed by atoms with Gasteiger partial charge in [-0.25, -0.2) is 9.97 Å². The van der Waals surface area contributed by atoms with Gasteiger partial charge in [0.2, 0.25) is 0 Å². The number of carbonyl (C=O) groups excluding carboxylic acids is 1. The molecule has 2 aromatic carbocycles. The standard InChI is InChI=1S/C16H11BrN2OS/c1-10(20)12-7-6-11(17)8-15(12)21-16-13-4-2-3-5-14(13)18-9-19-16/h2-9H,1H3. The number of benzene rings is 2. The lowest BCUT2D eigenvalue weighted by Crippen LogP contribution is -1.95. The third-order valence-electron chi connectivity index (χ3n) is 3.04. The van der Waals surface area contributed by atoms with E-state index in [4.69, 9.17) is 0 Å². The van der Waals surface area contributed by atoms with Crippen molar-refractivity contribution in [3.05, 3.63) is 58.8 Å². The van der Waals surface area contributed by atoms with Crippen molar-refractivity contribution >= 4 is 44.4 Å². The van der Waals surface area contributed by atoms with Gasteiger partial charge in [0.05, 0.1) is 5.52 Å². The van der Waals surface area contributed by atoms with Crippen LogP contribution in [0.2, 0.25) is 0 Å². The molecule has 0 radical (unpaired) electrons. The molecule has 0 atom stereocenters. The van der Waals surface area contributed by atoms with Gasteiger partial charge >= 0.3 is 0 Å². The molecule has 0 fully saturated rings. The summed E-state index contributed by atoms with van der Waals surface area (Å²) in [5.41, 5.74) is 1.60. The van der Waals surface area contributed by atoms with E-state index in [1.165, 1.54) is 11.8 Å². The average molecular weight is 359 g/mol. The first kappa shape index (κ1) is 14.2. The third kappa shape index (κ3) is 2.99. The van der Waals surface area contributed by atoms with Crippen LogP contribution in [0, 0.1) is 0 Å². The maximum absolute atomic E-state index is 11.8. The van der Waals surface area contributed by atoms with E-state index < -0.39 is 0 Å². The molecule has 0 amide bonds. The molecule has 5 heteroatoms. The van der Waals surface area contributed by atoms with Crippen molar-refractivity contribution < 1.29 is 4.79 Å². The first-order valence-corrected chi connectivity index (χ1v) is 7.94. The normalized spacial score (nSPS) is 10.8. The maximum Gasteiger partial charge on any atom is 0.160 e. The van der Waals surface area contributed by atoms with E-state index in [1.54, 1.807) is 13.3 Å². The Bertz CT molecular complexity index is 830. The molecule has 0 aliphatic carbocycles. The summed E-state index contributed by atoms with van der Waals surface area (Å²) in [6.45, 7) is 1.57. The van der Waals surface area contributed by atoms with Crippen LogP contribution in [0.1, 0.15) is 17.3 Å². The van der Waals surface area contributed by atoms with Gasteiger partial charge in [0.1, 0.15) is 11.4 Å². The van der Waals surface area contributed by atoms with Crippen LogP contribution in [0.3, 0.4) is 0 Å². The SMILES string of the molecule is CC(=O)c1ccc(Br)cc1Sc1ncnc2ccccc12. The smallest absolute Gasteiger partial charge is 0.160 e. The van der Waals surface area contributed by atoms with Gasteiger partial charge in [-0.1, -0.05) is 45.9 Å². The molecule has 21 heavy (non-hydrogen) atoms. The van der Waals surface area contributed by atoms with Gasteiger partial charge in [0.15, 0.2) is 5.78 Å². The predicted octanol–water partition coefficient (Wildman–Crippen LogP) is 4.75. The molecule has 104 valence electrons. The Kier molecular flexibility index (Phi) is 4.03. The van der Waals surface area contributed by atoms with E-state index in [1.807, 2.05) is 42.5 Å². The molecule has 3 nitrogen and oxygen atoms in total. The molecule has 3 aromatic rings. The maximum atomic E-state index is 11.8. The molecule has 0 aliphatic heterocycles. The van der Waals surface area contributed by atoms with Crippen molar-refractivity contribution in [3.8, 4) is 0 Å². The average Bonchev–Trinajstić information content (AvgIpc) is 2.47. The van der Waals surface area contributed by atoms with Crippen molar-refractivity contribution in [2.45, 2.75) is 16.8 Å². The Morgan fingerprint density at radius 3 is 2.76 bits per heavy atom. The first-order valence-electron chi connectivity index (χ1n) is 6.33. The summed E-state index contributed by atoms with van der Waals surface area (Å²) in [5, 5.41) is 1.83. The van der Waals surface area contributed by atoms with Crippen molar-refractivity contribution in [1.29, 1.82) is 0 Å². The van der Waals surface area contributed by atoms with Gasteiger partial charge in [-0.15, -0.1) is 0 Å². The zero-order chi connectivity index (χ0) is 14.8. The molecular formula is C16H11BrN2OS. The highest BCUT2D eigenvalue weighted by atomic mass is 79.9. The zero-order valence-corrected chi connectivity index (χ0v) is 13.6. The number of hydrogen-bond acceptors (Lipinski definition) is 4. The van der Waals surface area contributed by atoms with Gasteiger partial charge in [-0.05, 0) is 31.2 Å². The molecule has 1 heterocycles. The Labute approximate surface area is 134 Å². The summed E-state index contributed by atoms with van der Waals surface area (Å²) >= 11 is 4.94. The lowest BCUT2D eigenvalue weighted by molar-refractivity contribution is 0.101. The number of ketones is 1. The molecule has 0 saturated carbocycles. The molecule has 0 bridgehead atoms. The fraction of sp³-hybridized carbons (Fsp3) is 0.0625. The largest absolute Gasteiger partial charge is 0.294 e. The van der Waals surface area contributed by atoms with E-state index >= 15 is 0 Å². The van der Waals surface area contributed by atoms with Crippen LogP contribution < -0.4 is 0 Å². The summed E-state index contributed by atoms with van der Waals surface area (Å²) < 4.78 is 0.938. The quantitative estimate of drug-likeness (QED) is 0.500. The van der Waals surface area contributed by atoms with Gasteiger partial charge < -0.3 is 0 Å². The van der Waals surface area contributed by atoms with E-state index in [9.17, 15) is 4.79 Å². The fourth-order valence-electron chi connectivity index (χ4n) is 2.04. The number of para-hydroxylation sites is 1. The van der Waals surface area contributed by atoms with Gasteiger partial charge in [-0.3, -0.25) is 4.79 Å². The highest BCUT2D eigenvalue weighted by Crippen LogP contribution is 2.34. The minimum atomic E-state index is 0.0448. The van der Waals surface area contributed by atoms with Crippen LogP contribution in [0.5, 0.6) is 0 Å². The fourth-order valence-corrected chi connectivity index (χ4v) is 3.65. The van der Waals surface area contributed by atoms with E-state index in [2.05, 4.69) is 25.9 Å². The van der Waals surface area contributed by atoms with Crippen molar-refractivity contribution in [1.82, 2.24) is 9.97 Å². The highest BCUT2D eigenvalue weighted by molar-refractivity contribution is 9.10. The summed E-state index contributed by atoms with van der Waals surface area (Å²) in [7, 11) is 0. The van der Waals surface area contributed by atoms with E-state index in [0.717, 1.165) is 25.3 Å². The zero-order valence-electron chi connectivity index (χ0n) is 11.2. The number of halogens is 1. The number of nitrogens with zero attached hydrogens (tertiary/aromatic N) is 2. The molecule has 3 rings (SSSR count). The summed E-state index contributed by atoms with van der Waals surface area (Å²) in [4.78, 5) is 21.3. The Morgan fingerprint density at radius 2 is 1.95 bits per heavy atom. The van der Waals surface area contributed by atoms with Crippen LogP contribution in [0.25, 0.3) is 10.9 Å². The van der Waals surface area contributed by atoms with Crippen LogP contribution in [-0.2, 0) is 0 Å². The molecule has 1 aromatic heterocycles. The van der Waals surface area contributed by atoms with Crippen LogP contribution in [-0.4, -0.2) is 15.8 Å². The van der Waals surface area contributed by atoms with Crippen LogP contribution in [0.15, 0.2) is 63.2 Å². The number of carbonyl (C=O) groups is 1. The number of aromatic nitrogens is 2. The number of fused-ring (bicyclic) bond motifs is 1. The molecule has 0 saturated heterocycles. The minimum Gasteiger partial charge on any atom is -0.294 e. The first-order chi connectivity index (χ1) is 10.1. The molecule has 0 unspecified atom stereocenters. The second kappa shape index (κ2) is 5.95. The van der Waals surface area contributed by atoms with Crippen molar-refractivity contribution in [3.63, 3.8) is 0 Å². The van der Waals surface area contributed by atoms with Crippen LogP contribution >= 0.6 is 27.7 Å². The lowest BCUT2D eigenvalue weighted by atomic mass is 10.1. The summed E-state index contributed by atoms with van der Waals surface area (Å²) in [6.07, 6.45) is 1.55. The van der Waals surface area contributed by atoms with Gasteiger partial charge in [0.25, 0.3) is 0 Å². The Balaban J connectivity index is 2.11.